The summed E-state index contributed by atoms with van der Waals surface area (Å²) in [6.07, 6.45) is 15.2. The Kier molecular flexibility index (Phi) is 9.03. The number of fused-ring (bicyclic) bond motifs is 1. The van der Waals surface area contributed by atoms with Crippen molar-refractivity contribution in [2.24, 2.45) is 10.8 Å². The molecule has 2 saturated heterocycles. The molecule has 0 radical (unpaired) electrons. The van der Waals surface area contributed by atoms with Gasteiger partial charge in [-0.05, 0) is 111 Å². The Hall–Kier alpha value is -4.37. The Morgan fingerprint density at radius 1 is 0.863 bits per heavy atom. The Morgan fingerprint density at radius 2 is 1.67 bits per heavy atom. The minimum Gasteiger partial charge on any atom is -0.481 e. The maximum Gasteiger partial charge on any atom is 0.307 e. The standard InChI is InChI=1S/C42H51N7O2/c1-29-34(25-37(50)51)39(48-22-13-41(2,3)14-23-48)38(36(45-29)28-47-20-15-42(16-21-47)11-5-12-42)31-7-8-33-27-49(19-10-30(33)24-31)40-44-18-9-35(46-40)32-6-4-17-43-26-32/h4,6-9,17-18,24,26H,5,10-16,19-23,25,27-28H2,1-3H3,(H,50,51). The van der Waals surface area contributed by atoms with Gasteiger partial charge in [0.25, 0.3) is 0 Å². The molecule has 4 aliphatic rings. The number of carbonyl (C=O) groups is 1. The minimum atomic E-state index is -0.806. The summed E-state index contributed by atoms with van der Waals surface area (Å²) < 4.78 is 0. The molecule has 51 heavy (non-hydrogen) atoms. The zero-order valence-electron chi connectivity index (χ0n) is 30.5. The van der Waals surface area contributed by atoms with Crippen LogP contribution in [-0.2, 0) is 30.7 Å². The molecule has 0 bridgehead atoms. The summed E-state index contributed by atoms with van der Waals surface area (Å²) in [6, 6.07) is 12.8. The topological polar surface area (TPSA) is 98.6 Å². The lowest BCUT2D eigenvalue weighted by Crippen LogP contribution is -2.43. The van der Waals surface area contributed by atoms with Crippen LogP contribution in [0.2, 0.25) is 0 Å². The van der Waals surface area contributed by atoms with E-state index in [2.05, 4.69) is 56.7 Å². The number of hydrogen-bond acceptors (Lipinski definition) is 8. The molecule has 266 valence electrons. The predicted octanol–water partition coefficient (Wildman–Crippen LogP) is 7.49. The van der Waals surface area contributed by atoms with E-state index in [1.165, 1.54) is 43.2 Å². The zero-order valence-corrected chi connectivity index (χ0v) is 30.5. The van der Waals surface area contributed by atoms with Gasteiger partial charge in [0.1, 0.15) is 0 Å². The van der Waals surface area contributed by atoms with Crippen LogP contribution in [0.5, 0.6) is 0 Å². The Balaban J connectivity index is 1.16. The van der Waals surface area contributed by atoms with E-state index in [0.29, 0.717) is 5.41 Å². The summed E-state index contributed by atoms with van der Waals surface area (Å²) >= 11 is 0. The Morgan fingerprint density at radius 3 is 2.37 bits per heavy atom. The summed E-state index contributed by atoms with van der Waals surface area (Å²) in [6.45, 7) is 13.1. The number of anilines is 2. The fraction of sp³-hybridized carbons (Fsp3) is 0.500. The molecule has 6 heterocycles. The van der Waals surface area contributed by atoms with Gasteiger partial charge in [0.05, 0.1) is 23.5 Å². The van der Waals surface area contributed by atoms with Gasteiger partial charge in [-0.1, -0.05) is 38.5 Å². The summed E-state index contributed by atoms with van der Waals surface area (Å²) in [5.41, 5.74) is 11.5. The van der Waals surface area contributed by atoms with Gasteiger partial charge < -0.3 is 14.9 Å². The van der Waals surface area contributed by atoms with Gasteiger partial charge in [0.15, 0.2) is 0 Å². The SMILES string of the molecule is Cc1nc(CN2CCC3(CCC3)CC2)c(-c2ccc3c(c2)CCN(c2nccc(-c4cccnc4)n2)C3)c(N2CCC(C)(C)CC2)c1CC(=O)O. The first kappa shape index (κ1) is 33.8. The molecule has 1 aliphatic carbocycles. The second kappa shape index (κ2) is 13.6. The Bertz CT molecular complexity index is 1900. The van der Waals surface area contributed by atoms with E-state index in [0.717, 1.165) is 116 Å². The van der Waals surface area contributed by atoms with Crippen molar-refractivity contribution in [1.82, 2.24) is 24.8 Å². The number of aromatic nitrogens is 4. The van der Waals surface area contributed by atoms with E-state index < -0.39 is 5.97 Å². The number of pyridine rings is 2. The van der Waals surface area contributed by atoms with Crippen molar-refractivity contribution in [2.45, 2.75) is 91.6 Å². The lowest BCUT2D eigenvalue weighted by molar-refractivity contribution is -0.136. The molecule has 0 amide bonds. The first-order chi connectivity index (χ1) is 24.7. The molecule has 0 atom stereocenters. The van der Waals surface area contributed by atoms with Crippen molar-refractivity contribution in [3.63, 3.8) is 0 Å². The average molecular weight is 686 g/mol. The smallest absolute Gasteiger partial charge is 0.307 e. The number of nitrogens with zero attached hydrogens (tertiary/aromatic N) is 7. The predicted molar refractivity (Wildman–Crippen MR) is 202 cm³/mol. The molecule has 3 fully saturated rings. The van der Waals surface area contributed by atoms with Crippen molar-refractivity contribution in [1.29, 1.82) is 0 Å². The van der Waals surface area contributed by atoms with Crippen molar-refractivity contribution in [3.05, 3.63) is 83.1 Å². The van der Waals surface area contributed by atoms with E-state index in [4.69, 9.17) is 9.97 Å². The lowest BCUT2D eigenvalue weighted by atomic mass is 9.63. The second-order valence-electron chi connectivity index (χ2n) is 16.3. The van der Waals surface area contributed by atoms with Crippen molar-refractivity contribution < 1.29 is 9.90 Å². The van der Waals surface area contributed by atoms with Crippen LogP contribution in [0.4, 0.5) is 11.6 Å². The van der Waals surface area contributed by atoms with Crippen LogP contribution in [0.1, 0.15) is 86.9 Å². The van der Waals surface area contributed by atoms with E-state index in [1.54, 1.807) is 6.20 Å². The largest absolute Gasteiger partial charge is 0.481 e. The number of aliphatic carboxylic acids is 1. The molecule has 4 aromatic rings. The van der Waals surface area contributed by atoms with Crippen molar-refractivity contribution >= 4 is 17.6 Å². The third-order valence-electron chi connectivity index (χ3n) is 12.4. The van der Waals surface area contributed by atoms with Crippen LogP contribution in [0.3, 0.4) is 0 Å². The molecule has 9 heteroatoms. The zero-order chi connectivity index (χ0) is 35.2. The number of piperidine rings is 2. The third kappa shape index (κ3) is 6.97. The molecule has 9 nitrogen and oxygen atoms in total. The molecular formula is C42H51N7O2. The first-order valence-corrected chi connectivity index (χ1v) is 19.0. The molecule has 0 unspecified atom stereocenters. The van der Waals surface area contributed by atoms with Crippen LogP contribution in [-0.4, -0.2) is 68.6 Å². The second-order valence-corrected chi connectivity index (χ2v) is 16.3. The number of benzene rings is 1. The maximum atomic E-state index is 12.4. The first-order valence-electron chi connectivity index (χ1n) is 19.0. The number of carboxylic acid groups (broad SMARTS) is 1. The van der Waals surface area contributed by atoms with Crippen LogP contribution in [0, 0.1) is 17.8 Å². The molecule has 3 aliphatic heterocycles. The van der Waals surface area contributed by atoms with Crippen molar-refractivity contribution in [2.75, 3.05) is 42.5 Å². The highest BCUT2D eigenvalue weighted by Crippen LogP contribution is 2.49. The molecule has 1 saturated carbocycles. The van der Waals surface area contributed by atoms with Gasteiger partial charge >= 0.3 is 5.97 Å². The van der Waals surface area contributed by atoms with E-state index in [9.17, 15) is 9.90 Å². The average Bonchev–Trinajstić information content (AvgIpc) is 3.12. The van der Waals surface area contributed by atoms with Crippen LogP contribution < -0.4 is 9.80 Å². The fourth-order valence-electron chi connectivity index (χ4n) is 8.88. The number of carboxylic acids is 1. The number of likely N-dealkylation sites (tertiary alicyclic amines) is 1. The van der Waals surface area contributed by atoms with Crippen LogP contribution in [0.25, 0.3) is 22.4 Å². The van der Waals surface area contributed by atoms with E-state index in [-0.39, 0.29) is 11.8 Å². The van der Waals surface area contributed by atoms with Gasteiger partial charge in [-0.3, -0.25) is 19.7 Å². The van der Waals surface area contributed by atoms with Gasteiger partial charge in [0.2, 0.25) is 5.95 Å². The summed E-state index contributed by atoms with van der Waals surface area (Å²) in [5, 5.41) is 10.2. The highest BCUT2D eigenvalue weighted by Gasteiger charge is 2.40. The van der Waals surface area contributed by atoms with Gasteiger partial charge in [-0.25, -0.2) is 9.97 Å². The molecule has 1 N–H and O–H groups in total. The quantitative estimate of drug-likeness (QED) is 0.202. The molecule has 3 aromatic heterocycles. The highest BCUT2D eigenvalue weighted by molar-refractivity contribution is 5.87. The molecule has 1 aromatic carbocycles. The number of aryl methyl sites for hydroxylation is 1. The van der Waals surface area contributed by atoms with Crippen LogP contribution >= 0.6 is 0 Å². The monoisotopic (exact) mass is 685 g/mol. The normalized spacial score (nSPS) is 19.8. The fourth-order valence-corrected chi connectivity index (χ4v) is 8.88. The van der Waals surface area contributed by atoms with Crippen LogP contribution in [0.15, 0.2) is 55.0 Å². The maximum absolute atomic E-state index is 12.4. The molecule has 8 rings (SSSR count). The van der Waals surface area contributed by atoms with Gasteiger partial charge in [-0.2, -0.15) is 0 Å². The van der Waals surface area contributed by atoms with Gasteiger partial charge in [0, 0.05) is 73.7 Å². The van der Waals surface area contributed by atoms with Gasteiger partial charge in [-0.15, -0.1) is 0 Å². The summed E-state index contributed by atoms with van der Waals surface area (Å²) in [4.78, 5) is 38.9. The molecular weight excluding hydrogens is 635 g/mol. The van der Waals surface area contributed by atoms with E-state index >= 15 is 0 Å². The third-order valence-corrected chi connectivity index (χ3v) is 12.4. The lowest BCUT2D eigenvalue weighted by Gasteiger charge is -2.48. The minimum absolute atomic E-state index is 0.0222. The summed E-state index contributed by atoms with van der Waals surface area (Å²) in [5.74, 6) is -0.0747. The van der Waals surface area contributed by atoms with Crippen molar-refractivity contribution in [3.8, 4) is 22.4 Å². The van der Waals surface area contributed by atoms with E-state index in [1.807, 2.05) is 37.5 Å². The summed E-state index contributed by atoms with van der Waals surface area (Å²) in [7, 11) is 0. The Labute approximate surface area is 302 Å². The number of rotatable bonds is 8. The molecule has 1 spiro atoms. The number of hydrogen-bond donors (Lipinski definition) is 1. The highest BCUT2D eigenvalue weighted by atomic mass is 16.4.